The number of hydrogen-bond donors (Lipinski definition) is 1. The Morgan fingerprint density at radius 2 is 1.91 bits per heavy atom. The largest absolute Gasteiger partial charge is 0.266 e. The van der Waals surface area contributed by atoms with E-state index in [2.05, 4.69) is 9.71 Å². The van der Waals surface area contributed by atoms with Gasteiger partial charge in [-0.15, -0.1) is 0 Å². The Hall–Kier alpha value is -1.95. The number of halogens is 1. The van der Waals surface area contributed by atoms with E-state index in [0.717, 1.165) is 30.0 Å². The fourth-order valence-electron chi connectivity index (χ4n) is 2.67. The number of nitrogens with zero attached hydrogens (tertiary/aromatic N) is 1. The number of aromatic nitrogens is 1. The van der Waals surface area contributed by atoms with Crippen LogP contribution in [-0.4, -0.2) is 13.4 Å². The maximum atomic E-state index is 14.0. The van der Waals surface area contributed by atoms with Gasteiger partial charge in [0, 0.05) is 11.8 Å². The summed E-state index contributed by atoms with van der Waals surface area (Å²) in [6.07, 6.45) is 3.62. The molecule has 2 aromatic rings. The first-order chi connectivity index (χ1) is 10.4. The number of anilines is 1. The Morgan fingerprint density at radius 1 is 1.18 bits per heavy atom. The molecule has 0 aliphatic heterocycles. The smallest absolute Gasteiger partial charge is 0.263 e. The van der Waals surface area contributed by atoms with Crippen LogP contribution >= 0.6 is 0 Å². The van der Waals surface area contributed by atoms with Gasteiger partial charge in [0.25, 0.3) is 10.0 Å². The van der Waals surface area contributed by atoms with Gasteiger partial charge >= 0.3 is 0 Å². The lowest BCUT2D eigenvalue weighted by Crippen LogP contribution is -2.18. The molecule has 1 fully saturated rings. The van der Waals surface area contributed by atoms with Gasteiger partial charge in [-0.05, 0) is 55.9 Å². The van der Waals surface area contributed by atoms with Crippen LogP contribution in [0, 0.1) is 19.7 Å². The first-order valence-electron chi connectivity index (χ1n) is 7.13. The summed E-state index contributed by atoms with van der Waals surface area (Å²) in [5, 5.41) is 0. The molecule has 0 spiro atoms. The number of sulfonamides is 1. The molecule has 1 N–H and O–H groups in total. The molecule has 1 heterocycles. The van der Waals surface area contributed by atoms with E-state index < -0.39 is 15.8 Å². The summed E-state index contributed by atoms with van der Waals surface area (Å²) in [6, 6.07) is 6.07. The molecule has 6 heteroatoms. The van der Waals surface area contributed by atoms with E-state index in [-0.39, 0.29) is 4.90 Å². The average molecular weight is 320 g/mol. The van der Waals surface area contributed by atoms with Crippen LogP contribution in [-0.2, 0) is 10.0 Å². The van der Waals surface area contributed by atoms with Crippen molar-refractivity contribution in [3.63, 3.8) is 0 Å². The molecule has 0 unspecified atom stereocenters. The molecule has 0 saturated heterocycles. The predicted molar refractivity (Wildman–Crippen MR) is 82.9 cm³/mol. The highest BCUT2D eigenvalue weighted by Gasteiger charge is 2.31. The van der Waals surface area contributed by atoms with Gasteiger partial charge in [0.2, 0.25) is 0 Å². The molecule has 0 radical (unpaired) electrons. The van der Waals surface area contributed by atoms with E-state index in [1.54, 1.807) is 19.2 Å². The van der Waals surface area contributed by atoms with Crippen molar-refractivity contribution in [1.29, 1.82) is 0 Å². The van der Waals surface area contributed by atoms with Gasteiger partial charge in [-0.2, -0.15) is 0 Å². The zero-order chi connectivity index (χ0) is 15.9. The minimum absolute atomic E-state index is 0.310. The molecule has 1 aliphatic carbocycles. The molecule has 1 aromatic heterocycles. The van der Waals surface area contributed by atoms with Crippen LogP contribution < -0.4 is 4.72 Å². The Balaban J connectivity index is 2.05. The second-order valence-electron chi connectivity index (χ2n) is 5.66. The van der Waals surface area contributed by atoms with Crippen molar-refractivity contribution in [3.05, 3.63) is 53.0 Å². The monoisotopic (exact) mass is 320 g/mol. The van der Waals surface area contributed by atoms with Gasteiger partial charge in [0.05, 0.1) is 0 Å². The molecule has 3 rings (SSSR count). The zero-order valence-electron chi connectivity index (χ0n) is 12.4. The van der Waals surface area contributed by atoms with Crippen LogP contribution in [0.15, 0.2) is 35.4 Å². The Bertz CT molecular complexity index is 810. The lowest BCUT2D eigenvalue weighted by molar-refractivity contribution is 0.568. The zero-order valence-corrected chi connectivity index (χ0v) is 13.2. The van der Waals surface area contributed by atoms with Crippen LogP contribution in [0.5, 0.6) is 0 Å². The Labute approximate surface area is 129 Å². The normalized spacial score (nSPS) is 14.9. The Kier molecular flexibility index (Phi) is 3.64. The van der Waals surface area contributed by atoms with E-state index in [1.165, 1.54) is 6.07 Å². The summed E-state index contributed by atoms with van der Waals surface area (Å²) in [4.78, 5) is 3.84. The average Bonchev–Trinajstić information content (AvgIpc) is 3.22. The second kappa shape index (κ2) is 5.35. The summed E-state index contributed by atoms with van der Waals surface area (Å²) >= 11 is 0. The minimum atomic E-state index is -4.01. The van der Waals surface area contributed by atoms with Gasteiger partial charge in [0.1, 0.15) is 16.5 Å². The van der Waals surface area contributed by atoms with Crippen molar-refractivity contribution in [2.75, 3.05) is 4.72 Å². The van der Waals surface area contributed by atoms with Crippen molar-refractivity contribution in [1.82, 2.24) is 4.98 Å². The highest BCUT2D eigenvalue weighted by Crippen LogP contribution is 2.44. The first-order valence-corrected chi connectivity index (χ1v) is 8.62. The number of rotatable bonds is 4. The van der Waals surface area contributed by atoms with E-state index in [4.69, 9.17) is 0 Å². The van der Waals surface area contributed by atoms with Gasteiger partial charge in [0.15, 0.2) is 0 Å². The van der Waals surface area contributed by atoms with Crippen LogP contribution in [0.3, 0.4) is 0 Å². The molecule has 22 heavy (non-hydrogen) atoms. The SMILES string of the molecule is Cc1ccnc(NS(=O)(=O)c2c(C)cccc2F)c1C1CC1. The second-order valence-corrected chi connectivity index (χ2v) is 7.28. The maximum absolute atomic E-state index is 14.0. The van der Waals surface area contributed by atoms with Gasteiger partial charge in [-0.3, -0.25) is 4.72 Å². The first kappa shape index (κ1) is 15.0. The van der Waals surface area contributed by atoms with Crippen molar-refractivity contribution in [3.8, 4) is 0 Å². The van der Waals surface area contributed by atoms with Crippen LogP contribution in [0.25, 0.3) is 0 Å². The van der Waals surface area contributed by atoms with Crippen LogP contribution in [0.1, 0.15) is 35.4 Å². The summed E-state index contributed by atoms with van der Waals surface area (Å²) in [5.74, 6) is -0.105. The minimum Gasteiger partial charge on any atom is -0.263 e. The summed E-state index contributed by atoms with van der Waals surface area (Å²) in [5.41, 5.74) is 2.29. The Morgan fingerprint density at radius 3 is 2.55 bits per heavy atom. The fourth-order valence-corrected chi connectivity index (χ4v) is 4.01. The summed E-state index contributed by atoms with van der Waals surface area (Å²) in [7, 11) is -4.01. The lowest BCUT2D eigenvalue weighted by Gasteiger charge is -2.14. The van der Waals surface area contributed by atoms with E-state index >= 15 is 0 Å². The number of nitrogens with one attached hydrogen (secondary N) is 1. The van der Waals surface area contributed by atoms with E-state index in [1.807, 2.05) is 13.0 Å². The van der Waals surface area contributed by atoms with E-state index in [9.17, 15) is 12.8 Å². The molecule has 116 valence electrons. The molecule has 1 aliphatic rings. The van der Waals surface area contributed by atoms with Crippen molar-refractivity contribution in [2.45, 2.75) is 37.5 Å². The third-order valence-electron chi connectivity index (χ3n) is 3.86. The number of aryl methyl sites for hydroxylation is 2. The highest BCUT2D eigenvalue weighted by atomic mass is 32.2. The fraction of sp³-hybridized carbons (Fsp3) is 0.312. The predicted octanol–water partition coefficient (Wildman–Crippen LogP) is 3.52. The molecule has 1 aromatic carbocycles. The van der Waals surface area contributed by atoms with Crippen molar-refractivity contribution in [2.24, 2.45) is 0 Å². The molecule has 0 atom stereocenters. The van der Waals surface area contributed by atoms with Gasteiger partial charge < -0.3 is 0 Å². The molecule has 4 nitrogen and oxygen atoms in total. The van der Waals surface area contributed by atoms with Crippen molar-refractivity contribution >= 4 is 15.8 Å². The van der Waals surface area contributed by atoms with Crippen molar-refractivity contribution < 1.29 is 12.8 Å². The lowest BCUT2D eigenvalue weighted by atomic mass is 10.1. The maximum Gasteiger partial charge on any atom is 0.266 e. The van der Waals surface area contributed by atoms with Gasteiger partial charge in [-0.25, -0.2) is 17.8 Å². The summed E-state index contributed by atoms with van der Waals surface area (Å²) < 4.78 is 41.5. The molecular formula is C16H17FN2O2S. The van der Waals surface area contributed by atoms with Crippen LogP contribution in [0.2, 0.25) is 0 Å². The standard InChI is InChI=1S/C16H17FN2O2S/c1-10-8-9-18-16(14(10)12-6-7-12)19-22(20,21)15-11(2)4-3-5-13(15)17/h3-5,8-9,12H,6-7H2,1-2H3,(H,18,19). The van der Waals surface area contributed by atoms with Crippen LogP contribution in [0.4, 0.5) is 10.2 Å². The molecule has 0 amide bonds. The number of pyridine rings is 1. The molecule has 0 bridgehead atoms. The summed E-state index contributed by atoms with van der Waals surface area (Å²) in [6.45, 7) is 3.50. The molecular weight excluding hydrogens is 303 g/mol. The molecule has 1 saturated carbocycles. The number of hydrogen-bond acceptors (Lipinski definition) is 3. The quantitative estimate of drug-likeness (QED) is 0.937. The third-order valence-corrected chi connectivity index (χ3v) is 5.37. The number of benzene rings is 1. The third kappa shape index (κ3) is 2.70. The van der Waals surface area contributed by atoms with E-state index in [0.29, 0.717) is 17.3 Å². The highest BCUT2D eigenvalue weighted by molar-refractivity contribution is 7.92. The van der Waals surface area contributed by atoms with Gasteiger partial charge in [-0.1, -0.05) is 12.1 Å². The topological polar surface area (TPSA) is 59.1 Å².